The molecule has 2 heterocycles. The third-order valence-electron chi connectivity index (χ3n) is 5.67. The van der Waals surface area contributed by atoms with Gasteiger partial charge in [-0.2, -0.15) is 0 Å². The molecule has 28 heavy (non-hydrogen) atoms. The van der Waals surface area contributed by atoms with Crippen LogP contribution in [-0.4, -0.2) is 79.4 Å². The molecule has 2 atom stereocenters. The van der Waals surface area contributed by atoms with Gasteiger partial charge >= 0.3 is 0 Å². The maximum Gasteiger partial charge on any atom is 0.251 e. The van der Waals surface area contributed by atoms with E-state index in [0.29, 0.717) is 12.1 Å². The summed E-state index contributed by atoms with van der Waals surface area (Å²) in [5.41, 5.74) is 1.86. The third-order valence-corrected chi connectivity index (χ3v) is 5.67. The molecular formula is C22H35N3O3. The highest BCUT2D eigenvalue weighted by atomic mass is 16.5. The Hall–Kier alpha value is -1.47. The summed E-state index contributed by atoms with van der Waals surface area (Å²) in [6.45, 7) is 15.3. The molecule has 1 aromatic rings. The summed E-state index contributed by atoms with van der Waals surface area (Å²) in [5.74, 6) is -0.0125. The Balaban J connectivity index is 1.50. The van der Waals surface area contributed by atoms with Crippen molar-refractivity contribution in [2.24, 2.45) is 0 Å². The number of benzene rings is 1. The molecule has 0 saturated carbocycles. The highest BCUT2D eigenvalue weighted by Gasteiger charge is 2.28. The summed E-state index contributed by atoms with van der Waals surface area (Å²) in [6, 6.07) is 7.99. The van der Waals surface area contributed by atoms with Crippen LogP contribution < -0.4 is 5.32 Å². The second-order valence-electron chi connectivity index (χ2n) is 8.74. The fourth-order valence-corrected chi connectivity index (χ4v) is 4.11. The Morgan fingerprint density at radius 2 is 1.71 bits per heavy atom. The lowest BCUT2D eigenvalue weighted by Crippen LogP contribution is -2.55. The number of carbonyl (C=O) groups is 1. The highest BCUT2D eigenvalue weighted by Crippen LogP contribution is 2.17. The van der Waals surface area contributed by atoms with Gasteiger partial charge in [-0.05, 0) is 45.4 Å². The Morgan fingerprint density at radius 1 is 1.11 bits per heavy atom. The van der Waals surface area contributed by atoms with E-state index in [1.165, 1.54) is 5.56 Å². The minimum atomic E-state index is -0.0803. The molecule has 1 amide bonds. The monoisotopic (exact) mass is 389 g/mol. The minimum absolute atomic E-state index is 0.0125. The zero-order valence-corrected chi connectivity index (χ0v) is 17.7. The van der Waals surface area contributed by atoms with E-state index in [1.807, 2.05) is 12.1 Å². The first-order valence-corrected chi connectivity index (χ1v) is 10.4. The highest BCUT2D eigenvalue weighted by molar-refractivity contribution is 5.94. The molecule has 2 aliphatic heterocycles. The molecule has 1 N–H and O–H groups in total. The predicted molar refractivity (Wildman–Crippen MR) is 111 cm³/mol. The van der Waals surface area contributed by atoms with Gasteiger partial charge in [-0.25, -0.2) is 0 Å². The van der Waals surface area contributed by atoms with Crippen LogP contribution >= 0.6 is 0 Å². The second-order valence-corrected chi connectivity index (χ2v) is 8.74. The quantitative estimate of drug-likeness (QED) is 0.808. The maximum atomic E-state index is 12.6. The molecule has 2 fully saturated rings. The Kier molecular flexibility index (Phi) is 7.10. The van der Waals surface area contributed by atoms with Gasteiger partial charge in [0.2, 0.25) is 0 Å². The largest absolute Gasteiger partial charge is 0.379 e. The number of ether oxygens (including phenoxy) is 2. The van der Waals surface area contributed by atoms with E-state index < -0.39 is 0 Å². The molecule has 2 saturated heterocycles. The molecule has 2 unspecified atom stereocenters. The Bertz CT molecular complexity index is 631. The summed E-state index contributed by atoms with van der Waals surface area (Å²) in [4.78, 5) is 17.4. The van der Waals surface area contributed by atoms with Crippen LogP contribution in [-0.2, 0) is 16.0 Å². The van der Waals surface area contributed by atoms with E-state index in [2.05, 4.69) is 54.9 Å². The standard InChI is InChI=1S/C22H35N3O3/c1-17-13-24(14-18(2)28-17)15-19-5-7-20(8-6-19)21(26)23-16-22(3,4)25-9-11-27-12-10-25/h5-8,17-18H,9-16H2,1-4H3,(H,23,26). The summed E-state index contributed by atoms with van der Waals surface area (Å²) < 4.78 is 11.2. The number of nitrogens with one attached hydrogen (secondary N) is 1. The van der Waals surface area contributed by atoms with Crippen LogP contribution in [0.25, 0.3) is 0 Å². The first-order valence-electron chi connectivity index (χ1n) is 10.4. The smallest absolute Gasteiger partial charge is 0.251 e. The predicted octanol–water partition coefficient (Wildman–Crippen LogP) is 2.14. The Labute approximate surface area is 169 Å². The average Bonchev–Trinajstić information content (AvgIpc) is 2.67. The van der Waals surface area contributed by atoms with Gasteiger partial charge in [-0.1, -0.05) is 12.1 Å². The summed E-state index contributed by atoms with van der Waals surface area (Å²) in [7, 11) is 0. The van der Waals surface area contributed by atoms with Gasteiger partial charge in [0.15, 0.2) is 0 Å². The lowest BCUT2D eigenvalue weighted by atomic mass is 10.0. The van der Waals surface area contributed by atoms with Crippen molar-refractivity contribution in [3.05, 3.63) is 35.4 Å². The van der Waals surface area contributed by atoms with E-state index in [4.69, 9.17) is 9.47 Å². The maximum absolute atomic E-state index is 12.6. The van der Waals surface area contributed by atoms with Crippen LogP contribution in [0.4, 0.5) is 0 Å². The van der Waals surface area contributed by atoms with Crippen LogP contribution in [0.2, 0.25) is 0 Å². The number of nitrogens with zero attached hydrogens (tertiary/aromatic N) is 2. The molecule has 0 bridgehead atoms. The molecule has 1 aromatic carbocycles. The van der Waals surface area contributed by atoms with Gasteiger partial charge in [-0.15, -0.1) is 0 Å². The number of morpholine rings is 2. The van der Waals surface area contributed by atoms with Crippen molar-refractivity contribution in [3.63, 3.8) is 0 Å². The number of hydrogen-bond donors (Lipinski definition) is 1. The lowest BCUT2D eigenvalue weighted by Gasteiger charge is -2.40. The molecule has 6 nitrogen and oxygen atoms in total. The molecule has 6 heteroatoms. The molecular weight excluding hydrogens is 354 g/mol. The number of rotatable bonds is 6. The van der Waals surface area contributed by atoms with E-state index in [9.17, 15) is 4.79 Å². The first-order chi connectivity index (χ1) is 13.3. The third kappa shape index (κ3) is 5.77. The van der Waals surface area contributed by atoms with Crippen molar-refractivity contribution in [2.45, 2.75) is 52.0 Å². The average molecular weight is 390 g/mol. The van der Waals surface area contributed by atoms with Crippen LogP contribution in [0.1, 0.15) is 43.6 Å². The molecule has 0 aliphatic carbocycles. The lowest BCUT2D eigenvalue weighted by molar-refractivity contribution is -0.0704. The molecule has 0 radical (unpaired) electrons. The fourth-order valence-electron chi connectivity index (χ4n) is 4.11. The van der Waals surface area contributed by atoms with Crippen molar-refractivity contribution < 1.29 is 14.3 Å². The zero-order valence-electron chi connectivity index (χ0n) is 17.7. The van der Waals surface area contributed by atoms with Crippen LogP contribution in [0.5, 0.6) is 0 Å². The summed E-state index contributed by atoms with van der Waals surface area (Å²) >= 11 is 0. The topological polar surface area (TPSA) is 54.0 Å². The molecule has 156 valence electrons. The Morgan fingerprint density at radius 3 is 2.32 bits per heavy atom. The van der Waals surface area contributed by atoms with Gasteiger partial charge in [0, 0.05) is 50.4 Å². The SMILES string of the molecule is CC1CN(Cc2ccc(C(=O)NCC(C)(C)N3CCOCC3)cc2)CC(C)O1. The first kappa shape index (κ1) is 21.2. The van der Waals surface area contributed by atoms with Crippen molar-refractivity contribution in [1.82, 2.24) is 15.1 Å². The zero-order chi connectivity index (χ0) is 20.1. The van der Waals surface area contributed by atoms with E-state index in [0.717, 1.165) is 45.9 Å². The fraction of sp³-hybridized carbons (Fsp3) is 0.682. The number of amides is 1. The van der Waals surface area contributed by atoms with Crippen molar-refractivity contribution >= 4 is 5.91 Å². The van der Waals surface area contributed by atoms with Crippen LogP contribution in [0.3, 0.4) is 0 Å². The number of carbonyl (C=O) groups excluding carboxylic acids is 1. The van der Waals surface area contributed by atoms with Crippen molar-refractivity contribution in [2.75, 3.05) is 45.9 Å². The van der Waals surface area contributed by atoms with Gasteiger partial charge in [0.25, 0.3) is 5.91 Å². The molecule has 2 aliphatic rings. The van der Waals surface area contributed by atoms with Crippen molar-refractivity contribution in [3.8, 4) is 0 Å². The van der Waals surface area contributed by atoms with Gasteiger partial charge in [-0.3, -0.25) is 14.6 Å². The van der Waals surface area contributed by atoms with Crippen LogP contribution in [0, 0.1) is 0 Å². The minimum Gasteiger partial charge on any atom is -0.379 e. The second kappa shape index (κ2) is 9.35. The molecule has 0 spiro atoms. The summed E-state index contributed by atoms with van der Waals surface area (Å²) in [6.07, 6.45) is 0.534. The van der Waals surface area contributed by atoms with E-state index >= 15 is 0 Å². The molecule has 3 rings (SSSR count). The number of hydrogen-bond acceptors (Lipinski definition) is 5. The van der Waals surface area contributed by atoms with Gasteiger partial charge in [0.1, 0.15) is 0 Å². The van der Waals surface area contributed by atoms with E-state index in [1.54, 1.807) is 0 Å². The van der Waals surface area contributed by atoms with Gasteiger partial charge < -0.3 is 14.8 Å². The van der Waals surface area contributed by atoms with Crippen LogP contribution in [0.15, 0.2) is 24.3 Å². The summed E-state index contributed by atoms with van der Waals surface area (Å²) in [5, 5.41) is 3.10. The normalized spacial score (nSPS) is 24.9. The van der Waals surface area contributed by atoms with Crippen molar-refractivity contribution in [1.29, 1.82) is 0 Å². The molecule has 0 aromatic heterocycles. The van der Waals surface area contributed by atoms with E-state index in [-0.39, 0.29) is 23.7 Å². The van der Waals surface area contributed by atoms with Gasteiger partial charge in [0.05, 0.1) is 25.4 Å².